The number of ether oxygens (including phenoxy) is 1. The van der Waals surface area contributed by atoms with E-state index in [1.807, 2.05) is 36.1 Å². The minimum atomic E-state index is -0.287. The van der Waals surface area contributed by atoms with E-state index in [2.05, 4.69) is 40.6 Å². The van der Waals surface area contributed by atoms with Gasteiger partial charge in [-0.2, -0.15) is 20.1 Å². The maximum atomic E-state index is 12.3. The molecule has 238 valence electrons. The maximum Gasteiger partial charge on any atom is 0.293 e. The summed E-state index contributed by atoms with van der Waals surface area (Å²) in [7, 11) is 0. The number of aryl methyl sites for hydroxylation is 1. The lowest BCUT2D eigenvalue weighted by molar-refractivity contribution is -0.384. The first kappa shape index (κ1) is 30.8. The fourth-order valence-electron chi connectivity index (χ4n) is 5.96. The van der Waals surface area contributed by atoms with Crippen molar-refractivity contribution in [3.63, 3.8) is 0 Å². The highest BCUT2D eigenvalue weighted by Gasteiger charge is 2.26. The molecule has 3 aromatic rings. The Balaban J connectivity index is 1.31. The average Bonchev–Trinajstić information content (AvgIpc) is 3.07. The summed E-state index contributed by atoms with van der Waals surface area (Å²) in [6, 6.07) is 9.30. The minimum Gasteiger partial charge on any atom is -0.378 e. The second-order valence-electron chi connectivity index (χ2n) is 11.6. The van der Waals surface area contributed by atoms with Crippen LogP contribution in [0.1, 0.15) is 49.7 Å². The number of rotatable bonds is 9. The third kappa shape index (κ3) is 7.54. The van der Waals surface area contributed by atoms with Crippen LogP contribution in [0.4, 0.5) is 40.6 Å². The zero-order chi connectivity index (χ0) is 31.2. The van der Waals surface area contributed by atoms with Gasteiger partial charge >= 0.3 is 0 Å². The van der Waals surface area contributed by atoms with Crippen LogP contribution < -0.4 is 25.4 Å². The lowest BCUT2D eigenvalue weighted by Crippen LogP contribution is -2.37. The van der Waals surface area contributed by atoms with E-state index in [0.29, 0.717) is 54.5 Å². The summed E-state index contributed by atoms with van der Waals surface area (Å²) in [5.74, 6) is 1.06. The van der Waals surface area contributed by atoms with Crippen LogP contribution in [0.5, 0.6) is 0 Å². The largest absolute Gasteiger partial charge is 0.378 e. The molecule has 3 saturated heterocycles. The van der Waals surface area contributed by atoms with Gasteiger partial charge in [0.25, 0.3) is 5.69 Å². The number of hydrogen-bond donors (Lipinski definition) is 2. The first-order valence-corrected chi connectivity index (χ1v) is 16.1. The second-order valence-corrected chi connectivity index (χ2v) is 12.0. The number of nitrogens with one attached hydrogen (secondary N) is 2. The molecular formula is C31H39ClN10O3. The van der Waals surface area contributed by atoms with E-state index in [-0.39, 0.29) is 16.6 Å². The summed E-state index contributed by atoms with van der Waals surface area (Å²) in [6.07, 6.45) is 8.21. The highest BCUT2D eigenvalue weighted by molar-refractivity contribution is 6.31. The molecule has 2 N–H and O–H groups in total. The number of piperidine rings is 2. The standard InChI is InChI=1S/C31H39ClN10O3/c1-22-8-9-24(19-25(22)32)34-29-35-30(37-31(36-29)41-14-16-45-17-15-41)38-33-21-23-18-28(42(43)44)27(40-12-6-3-7-13-40)20-26(23)39-10-4-2-5-11-39/h8-9,18-21H,2-7,10-17H2,1H3,(H2,34,35,36,37,38)/b33-21+. The van der Waals surface area contributed by atoms with Crippen LogP contribution >= 0.6 is 11.6 Å². The van der Waals surface area contributed by atoms with Crippen LogP contribution in [-0.2, 0) is 4.74 Å². The second kappa shape index (κ2) is 14.2. The van der Waals surface area contributed by atoms with Gasteiger partial charge in [0, 0.05) is 67.3 Å². The monoisotopic (exact) mass is 634 g/mol. The number of halogens is 1. The van der Waals surface area contributed by atoms with Crippen molar-refractivity contribution in [3.8, 4) is 0 Å². The van der Waals surface area contributed by atoms with Crippen molar-refractivity contribution in [1.29, 1.82) is 0 Å². The summed E-state index contributed by atoms with van der Waals surface area (Å²) in [5.41, 5.74) is 7.08. The molecule has 3 fully saturated rings. The zero-order valence-electron chi connectivity index (χ0n) is 25.5. The number of nitro benzene ring substituents is 1. The Morgan fingerprint density at radius 2 is 1.53 bits per heavy atom. The van der Waals surface area contributed by atoms with Crippen molar-refractivity contribution in [3.05, 3.63) is 56.6 Å². The van der Waals surface area contributed by atoms with Crippen molar-refractivity contribution in [2.24, 2.45) is 5.10 Å². The Kier molecular flexibility index (Phi) is 9.75. The molecule has 0 amide bonds. The quantitative estimate of drug-likeness (QED) is 0.169. The van der Waals surface area contributed by atoms with Gasteiger partial charge in [0.2, 0.25) is 17.8 Å². The Bertz CT molecular complexity index is 1540. The highest BCUT2D eigenvalue weighted by Crippen LogP contribution is 2.37. The van der Waals surface area contributed by atoms with Gasteiger partial charge in [0.1, 0.15) is 5.69 Å². The molecule has 3 aliphatic rings. The van der Waals surface area contributed by atoms with Crippen LogP contribution in [-0.4, -0.2) is 78.6 Å². The molecule has 0 bridgehead atoms. The molecule has 0 saturated carbocycles. The molecule has 14 heteroatoms. The molecule has 2 aromatic carbocycles. The van der Waals surface area contributed by atoms with Gasteiger partial charge in [0.15, 0.2) is 0 Å². The molecule has 0 atom stereocenters. The van der Waals surface area contributed by atoms with Gasteiger partial charge in [-0.05, 0) is 69.2 Å². The van der Waals surface area contributed by atoms with Gasteiger partial charge in [-0.15, -0.1) is 0 Å². The molecule has 0 radical (unpaired) electrons. The number of hydrogen-bond acceptors (Lipinski definition) is 12. The number of morpholine rings is 1. The molecule has 0 aliphatic carbocycles. The van der Waals surface area contributed by atoms with E-state index in [0.717, 1.165) is 75.2 Å². The van der Waals surface area contributed by atoms with Crippen molar-refractivity contribution >= 4 is 58.4 Å². The number of nitro groups is 1. The van der Waals surface area contributed by atoms with E-state index in [1.54, 1.807) is 12.3 Å². The first-order valence-electron chi connectivity index (χ1n) is 15.7. The zero-order valence-corrected chi connectivity index (χ0v) is 26.3. The Morgan fingerprint density at radius 3 is 2.20 bits per heavy atom. The summed E-state index contributed by atoms with van der Waals surface area (Å²) < 4.78 is 5.51. The molecular weight excluding hydrogens is 596 g/mol. The Morgan fingerprint density at radius 1 is 0.867 bits per heavy atom. The van der Waals surface area contributed by atoms with Crippen LogP contribution in [0, 0.1) is 17.0 Å². The number of anilines is 6. The van der Waals surface area contributed by atoms with E-state index in [4.69, 9.17) is 16.3 Å². The molecule has 3 aliphatic heterocycles. The van der Waals surface area contributed by atoms with Crippen LogP contribution in [0.15, 0.2) is 35.4 Å². The molecule has 13 nitrogen and oxygen atoms in total. The topological polar surface area (TPSA) is 137 Å². The van der Waals surface area contributed by atoms with Crippen molar-refractivity contribution in [2.75, 3.05) is 77.9 Å². The molecule has 1 aromatic heterocycles. The van der Waals surface area contributed by atoms with Gasteiger partial charge in [-0.25, -0.2) is 5.43 Å². The Hall–Kier alpha value is -4.23. The first-order chi connectivity index (χ1) is 21.9. The van der Waals surface area contributed by atoms with E-state index >= 15 is 0 Å². The van der Waals surface area contributed by atoms with E-state index in [9.17, 15) is 10.1 Å². The summed E-state index contributed by atoms with van der Waals surface area (Å²) in [6.45, 7) is 7.85. The van der Waals surface area contributed by atoms with E-state index < -0.39 is 0 Å². The predicted octanol–water partition coefficient (Wildman–Crippen LogP) is 5.75. The fourth-order valence-corrected chi connectivity index (χ4v) is 6.14. The Labute approximate surface area is 267 Å². The number of hydrazone groups is 1. The fraction of sp³-hybridized carbons (Fsp3) is 0.484. The number of aromatic nitrogens is 3. The maximum absolute atomic E-state index is 12.3. The summed E-state index contributed by atoms with van der Waals surface area (Å²) in [5, 5.41) is 20.6. The van der Waals surface area contributed by atoms with E-state index in [1.165, 1.54) is 6.42 Å². The molecule has 0 spiro atoms. The van der Waals surface area contributed by atoms with Gasteiger partial charge in [-0.3, -0.25) is 10.1 Å². The highest BCUT2D eigenvalue weighted by atomic mass is 35.5. The lowest BCUT2D eigenvalue weighted by atomic mass is 10.0. The SMILES string of the molecule is Cc1ccc(Nc2nc(N/N=C/c3cc([N+](=O)[O-])c(N4CCCCC4)cc3N3CCCCC3)nc(N3CCOCC3)n2)cc1Cl. The van der Waals surface area contributed by atoms with Gasteiger partial charge in [0.05, 0.1) is 24.4 Å². The summed E-state index contributed by atoms with van der Waals surface area (Å²) in [4.78, 5) is 32.3. The van der Waals surface area contributed by atoms with Gasteiger partial charge in [-0.1, -0.05) is 17.7 Å². The minimum absolute atomic E-state index is 0.0946. The third-order valence-electron chi connectivity index (χ3n) is 8.43. The number of nitrogens with zero attached hydrogens (tertiary/aromatic N) is 8. The molecule has 0 unspecified atom stereocenters. The molecule has 6 rings (SSSR count). The van der Waals surface area contributed by atoms with Crippen LogP contribution in [0.25, 0.3) is 0 Å². The molecule has 45 heavy (non-hydrogen) atoms. The van der Waals surface area contributed by atoms with Crippen molar-refractivity contribution < 1.29 is 9.66 Å². The molecule has 4 heterocycles. The normalized spacial score (nSPS) is 17.5. The summed E-state index contributed by atoms with van der Waals surface area (Å²) >= 11 is 6.35. The predicted molar refractivity (Wildman–Crippen MR) is 179 cm³/mol. The lowest BCUT2D eigenvalue weighted by Gasteiger charge is -2.33. The van der Waals surface area contributed by atoms with Crippen molar-refractivity contribution in [2.45, 2.75) is 45.4 Å². The third-order valence-corrected chi connectivity index (χ3v) is 8.83. The van der Waals surface area contributed by atoms with Gasteiger partial charge < -0.3 is 24.8 Å². The van der Waals surface area contributed by atoms with Crippen LogP contribution in [0.2, 0.25) is 5.02 Å². The smallest absolute Gasteiger partial charge is 0.293 e. The van der Waals surface area contributed by atoms with Crippen molar-refractivity contribution in [1.82, 2.24) is 15.0 Å². The number of benzene rings is 2. The van der Waals surface area contributed by atoms with Crippen LogP contribution in [0.3, 0.4) is 0 Å². The average molecular weight is 635 g/mol.